The first kappa shape index (κ1) is 13.3. The van der Waals surface area contributed by atoms with E-state index in [1.54, 1.807) is 0 Å². The van der Waals surface area contributed by atoms with Gasteiger partial charge in [-0.2, -0.15) is 0 Å². The minimum atomic E-state index is -0.497. The molecule has 3 nitrogen and oxygen atoms in total. The monoisotopic (exact) mass is 234 g/mol. The van der Waals surface area contributed by atoms with E-state index in [9.17, 15) is 4.79 Å². The predicted molar refractivity (Wildman–Crippen MR) is 67.3 cm³/mol. The highest BCUT2D eigenvalue weighted by atomic mass is 16.6. The quantitative estimate of drug-likeness (QED) is 0.458. The molecule has 0 aliphatic carbocycles. The van der Waals surface area contributed by atoms with Crippen LogP contribution in [0.5, 0.6) is 0 Å². The van der Waals surface area contributed by atoms with Crippen molar-refractivity contribution in [2.45, 2.75) is 26.4 Å². The highest BCUT2D eigenvalue weighted by Crippen LogP contribution is 2.16. The number of hydrogen-bond acceptors (Lipinski definition) is 3. The molecular weight excluding hydrogens is 216 g/mol. The number of esters is 1. The van der Waals surface area contributed by atoms with Gasteiger partial charge in [0, 0.05) is 5.56 Å². The van der Waals surface area contributed by atoms with Crippen LogP contribution in [0.2, 0.25) is 0 Å². The standard InChI is InChI=1S/C14H18O3/c1-14(2,3)17-13(15)10-12(16-4)11-8-6-5-7-9-11/h5-10H,1-4H3/b12-10+. The lowest BCUT2D eigenvalue weighted by molar-refractivity contribution is -0.148. The van der Waals surface area contributed by atoms with Crippen molar-refractivity contribution in [3.8, 4) is 0 Å². The van der Waals surface area contributed by atoms with Crippen molar-refractivity contribution in [1.82, 2.24) is 0 Å². The van der Waals surface area contributed by atoms with E-state index in [1.807, 2.05) is 51.1 Å². The van der Waals surface area contributed by atoms with Crippen LogP contribution >= 0.6 is 0 Å². The van der Waals surface area contributed by atoms with E-state index in [0.29, 0.717) is 5.76 Å². The normalized spacial score (nSPS) is 12.1. The minimum Gasteiger partial charge on any atom is -0.496 e. The van der Waals surface area contributed by atoms with Crippen LogP contribution in [0.15, 0.2) is 36.4 Å². The van der Waals surface area contributed by atoms with Gasteiger partial charge in [0.1, 0.15) is 11.4 Å². The molecule has 1 aromatic rings. The molecule has 0 spiro atoms. The summed E-state index contributed by atoms with van der Waals surface area (Å²) in [6.45, 7) is 5.48. The largest absolute Gasteiger partial charge is 0.496 e. The molecule has 0 saturated carbocycles. The molecule has 0 aromatic heterocycles. The molecule has 0 saturated heterocycles. The third kappa shape index (κ3) is 4.72. The molecular formula is C14H18O3. The molecule has 0 unspecified atom stereocenters. The number of benzene rings is 1. The lowest BCUT2D eigenvalue weighted by Gasteiger charge is -2.18. The Kier molecular flexibility index (Phi) is 4.32. The maximum absolute atomic E-state index is 11.6. The zero-order chi connectivity index (χ0) is 12.9. The highest BCUT2D eigenvalue weighted by Gasteiger charge is 2.15. The third-order valence-electron chi connectivity index (χ3n) is 1.93. The van der Waals surface area contributed by atoms with Crippen LogP contribution < -0.4 is 0 Å². The first-order valence-corrected chi connectivity index (χ1v) is 5.46. The average molecular weight is 234 g/mol. The number of carbonyl (C=O) groups excluding carboxylic acids is 1. The van der Waals surface area contributed by atoms with Crippen molar-refractivity contribution in [2.75, 3.05) is 7.11 Å². The van der Waals surface area contributed by atoms with Gasteiger partial charge in [-0.25, -0.2) is 4.79 Å². The van der Waals surface area contributed by atoms with Crippen LogP contribution in [0.1, 0.15) is 26.3 Å². The Hall–Kier alpha value is -1.77. The second kappa shape index (κ2) is 5.53. The summed E-state index contributed by atoms with van der Waals surface area (Å²) in [5.74, 6) is 0.0954. The van der Waals surface area contributed by atoms with Crippen molar-refractivity contribution in [2.24, 2.45) is 0 Å². The molecule has 0 aliphatic heterocycles. The van der Waals surface area contributed by atoms with Crippen LogP contribution in [0.3, 0.4) is 0 Å². The number of carbonyl (C=O) groups is 1. The number of hydrogen-bond donors (Lipinski definition) is 0. The first-order valence-electron chi connectivity index (χ1n) is 5.46. The number of methoxy groups -OCH3 is 1. The van der Waals surface area contributed by atoms with E-state index in [-0.39, 0.29) is 0 Å². The first-order chi connectivity index (χ1) is 7.92. The molecule has 0 fully saturated rings. The molecule has 0 heterocycles. The second-order valence-electron chi connectivity index (χ2n) is 4.61. The summed E-state index contributed by atoms with van der Waals surface area (Å²) < 4.78 is 10.4. The molecule has 0 aliphatic rings. The maximum atomic E-state index is 11.6. The van der Waals surface area contributed by atoms with Crippen molar-refractivity contribution in [3.63, 3.8) is 0 Å². The fourth-order valence-electron chi connectivity index (χ4n) is 1.30. The zero-order valence-electron chi connectivity index (χ0n) is 10.7. The van der Waals surface area contributed by atoms with Gasteiger partial charge in [0.05, 0.1) is 13.2 Å². The molecule has 17 heavy (non-hydrogen) atoms. The van der Waals surface area contributed by atoms with Gasteiger partial charge in [-0.15, -0.1) is 0 Å². The molecule has 3 heteroatoms. The fourth-order valence-corrected chi connectivity index (χ4v) is 1.30. The molecule has 0 radical (unpaired) electrons. The van der Waals surface area contributed by atoms with E-state index in [4.69, 9.17) is 9.47 Å². The molecule has 1 aromatic carbocycles. The number of ether oxygens (including phenoxy) is 2. The predicted octanol–water partition coefficient (Wildman–Crippen LogP) is 3.02. The Morgan fingerprint density at radius 1 is 1.18 bits per heavy atom. The second-order valence-corrected chi connectivity index (χ2v) is 4.61. The lowest BCUT2D eigenvalue weighted by Crippen LogP contribution is -2.22. The summed E-state index contributed by atoms with van der Waals surface area (Å²) in [7, 11) is 1.53. The third-order valence-corrected chi connectivity index (χ3v) is 1.93. The summed E-state index contributed by atoms with van der Waals surface area (Å²) in [5, 5.41) is 0. The molecule has 0 atom stereocenters. The Labute approximate surface area is 102 Å². The molecule has 0 bridgehead atoms. The smallest absolute Gasteiger partial charge is 0.335 e. The van der Waals surface area contributed by atoms with Gasteiger partial charge >= 0.3 is 5.97 Å². The summed E-state index contributed by atoms with van der Waals surface area (Å²) in [4.78, 5) is 11.6. The van der Waals surface area contributed by atoms with Gasteiger partial charge in [-0.05, 0) is 20.8 Å². The van der Waals surface area contributed by atoms with Gasteiger partial charge in [-0.1, -0.05) is 30.3 Å². The van der Waals surface area contributed by atoms with Gasteiger partial charge in [0.25, 0.3) is 0 Å². The summed E-state index contributed by atoms with van der Waals surface area (Å²) >= 11 is 0. The van der Waals surface area contributed by atoms with Crippen molar-refractivity contribution < 1.29 is 14.3 Å². The van der Waals surface area contributed by atoms with E-state index in [1.165, 1.54) is 13.2 Å². The van der Waals surface area contributed by atoms with Crippen LogP contribution in [0.25, 0.3) is 5.76 Å². The van der Waals surface area contributed by atoms with Crippen LogP contribution in [0, 0.1) is 0 Å². The van der Waals surface area contributed by atoms with Crippen molar-refractivity contribution in [3.05, 3.63) is 42.0 Å². The van der Waals surface area contributed by atoms with Gasteiger partial charge in [0.2, 0.25) is 0 Å². The lowest BCUT2D eigenvalue weighted by atomic mass is 10.1. The Morgan fingerprint density at radius 2 is 1.76 bits per heavy atom. The van der Waals surface area contributed by atoms with E-state index >= 15 is 0 Å². The summed E-state index contributed by atoms with van der Waals surface area (Å²) in [6, 6.07) is 9.43. The molecule has 92 valence electrons. The topological polar surface area (TPSA) is 35.5 Å². The van der Waals surface area contributed by atoms with E-state index in [0.717, 1.165) is 5.56 Å². The van der Waals surface area contributed by atoms with Crippen molar-refractivity contribution in [1.29, 1.82) is 0 Å². The maximum Gasteiger partial charge on any atom is 0.335 e. The van der Waals surface area contributed by atoms with Gasteiger partial charge in [0.15, 0.2) is 0 Å². The average Bonchev–Trinajstić information content (AvgIpc) is 2.24. The van der Waals surface area contributed by atoms with Gasteiger partial charge < -0.3 is 9.47 Å². The zero-order valence-corrected chi connectivity index (χ0v) is 10.7. The Bertz CT molecular complexity index is 399. The Morgan fingerprint density at radius 3 is 2.24 bits per heavy atom. The SMILES string of the molecule is CO/C(=C/C(=O)OC(C)(C)C)c1ccccc1. The van der Waals surface area contributed by atoms with Crippen molar-refractivity contribution >= 4 is 11.7 Å². The Balaban J connectivity index is 2.85. The summed E-state index contributed by atoms with van der Waals surface area (Å²) in [5.41, 5.74) is 0.351. The van der Waals surface area contributed by atoms with Crippen LogP contribution in [0.4, 0.5) is 0 Å². The molecule has 1 rings (SSSR count). The fraction of sp³-hybridized carbons (Fsp3) is 0.357. The highest BCUT2D eigenvalue weighted by molar-refractivity contribution is 5.89. The molecule has 0 amide bonds. The van der Waals surface area contributed by atoms with E-state index in [2.05, 4.69) is 0 Å². The van der Waals surface area contributed by atoms with Gasteiger partial charge in [-0.3, -0.25) is 0 Å². The number of rotatable bonds is 3. The van der Waals surface area contributed by atoms with Crippen LogP contribution in [-0.2, 0) is 14.3 Å². The minimum absolute atomic E-state index is 0.404. The molecule has 0 N–H and O–H groups in total. The van der Waals surface area contributed by atoms with Crippen LogP contribution in [-0.4, -0.2) is 18.7 Å². The van der Waals surface area contributed by atoms with E-state index < -0.39 is 11.6 Å². The summed E-state index contributed by atoms with van der Waals surface area (Å²) in [6.07, 6.45) is 1.36.